The second-order valence-corrected chi connectivity index (χ2v) is 20.0. The Labute approximate surface area is 400 Å². The SMILES string of the molecule is Cc1cc(-n2nc3c(c2-n2ccn(-c4ccc5c(cnn5C)c4F)c2=O)[C@H](C)N(C(=O)c2cc4cc(C5CCOCC5)ccc4n2C2(c4nnn[nH]4)[C@@H]4CN(C5CCOCC5)C[C@@H]42)CC3)cc(C)c1F. The number of nitrogens with one attached hydrogen (secondary N) is 1. The van der Waals surface area contributed by atoms with Crippen LogP contribution in [0.15, 0.2) is 71.9 Å². The molecule has 3 saturated heterocycles. The van der Waals surface area contributed by atoms with Gasteiger partial charge in [-0.3, -0.25) is 23.5 Å². The minimum absolute atomic E-state index is 0.0620. The molecule has 0 radical (unpaired) electrons. The molecule has 5 aliphatic rings. The molecule has 4 fully saturated rings. The van der Waals surface area contributed by atoms with Gasteiger partial charge in [-0.15, -0.1) is 5.10 Å². The maximum atomic E-state index is 16.2. The quantitative estimate of drug-likeness (QED) is 0.186. The number of carbonyl (C=O) groups is 1. The molecule has 0 bridgehead atoms. The number of nitrogens with zero attached hydrogens (tertiary/aromatic N) is 12. The molecule has 70 heavy (non-hydrogen) atoms. The van der Waals surface area contributed by atoms with E-state index in [-0.39, 0.29) is 34.6 Å². The number of hydrogen-bond donors (Lipinski definition) is 1. The van der Waals surface area contributed by atoms with Crippen LogP contribution in [0.1, 0.15) is 88.8 Å². The minimum atomic E-state index is -0.707. The zero-order chi connectivity index (χ0) is 47.7. The maximum absolute atomic E-state index is 16.2. The Morgan fingerprint density at radius 2 is 1.59 bits per heavy atom. The summed E-state index contributed by atoms with van der Waals surface area (Å²) in [6, 6.07) is 15.2. The summed E-state index contributed by atoms with van der Waals surface area (Å²) < 4.78 is 51.1. The number of benzene rings is 3. The Morgan fingerprint density at radius 1 is 0.871 bits per heavy atom. The van der Waals surface area contributed by atoms with Crippen LogP contribution in [0.5, 0.6) is 0 Å². The largest absolute Gasteiger partial charge is 0.381 e. The average Bonchev–Trinajstić information content (AvgIpc) is 4.18. The van der Waals surface area contributed by atoms with Crippen LogP contribution in [0.3, 0.4) is 0 Å². The fourth-order valence-corrected chi connectivity index (χ4v) is 12.8. The van der Waals surface area contributed by atoms with Gasteiger partial charge in [0.15, 0.2) is 11.6 Å². The second kappa shape index (κ2) is 16.1. The maximum Gasteiger partial charge on any atom is 0.338 e. The molecular weight excluding hydrogens is 897 g/mol. The van der Waals surface area contributed by atoms with E-state index in [1.165, 1.54) is 27.1 Å². The molecule has 1 aliphatic carbocycles. The van der Waals surface area contributed by atoms with E-state index < -0.39 is 23.1 Å². The number of aromatic amines is 1. The zero-order valence-corrected chi connectivity index (χ0v) is 39.5. The van der Waals surface area contributed by atoms with E-state index in [9.17, 15) is 4.79 Å². The fourth-order valence-electron chi connectivity index (χ4n) is 12.8. The van der Waals surface area contributed by atoms with Gasteiger partial charge in [0, 0.05) is 106 Å². The van der Waals surface area contributed by atoms with Crippen molar-refractivity contribution in [2.75, 3.05) is 46.1 Å². The third-order valence-electron chi connectivity index (χ3n) is 16.4. The third-order valence-corrected chi connectivity index (χ3v) is 16.4. The topological polar surface area (TPSA) is 164 Å². The van der Waals surface area contributed by atoms with Crippen molar-refractivity contribution >= 4 is 27.7 Å². The van der Waals surface area contributed by atoms with E-state index >= 15 is 13.6 Å². The first-order valence-electron chi connectivity index (χ1n) is 24.4. The Balaban J connectivity index is 0.947. The molecular formula is C51H53F2N13O4. The van der Waals surface area contributed by atoms with E-state index in [0.717, 1.165) is 62.9 Å². The normalized spacial score (nSPS) is 23.2. The number of imidazole rings is 1. The number of rotatable bonds is 8. The van der Waals surface area contributed by atoms with Crippen LogP contribution in [0, 0.1) is 37.3 Å². The summed E-state index contributed by atoms with van der Waals surface area (Å²) in [6.45, 7) is 10.3. The van der Waals surface area contributed by atoms with Crippen molar-refractivity contribution in [3.8, 4) is 17.2 Å². The molecule has 5 aromatic heterocycles. The third kappa shape index (κ3) is 6.32. The number of hydrogen-bond acceptors (Lipinski definition) is 10. The van der Waals surface area contributed by atoms with E-state index in [4.69, 9.17) is 14.6 Å². The monoisotopic (exact) mass is 949 g/mol. The van der Waals surface area contributed by atoms with E-state index in [0.29, 0.717) is 89.1 Å². The summed E-state index contributed by atoms with van der Waals surface area (Å²) in [5.41, 5.74) is 4.83. The molecule has 19 heteroatoms. The van der Waals surface area contributed by atoms with Crippen LogP contribution >= 0.6 is 0 Å². The summed E-state index contributed by atoms with van der Waals surface area (Å²) in [5.74, 6) is 0.554. The molecule has 360 valence electrons. The number of amides is 1. The van der Waals surface area contributed by atoms with E-state index in [1.807, 2.05) is 17.9 Å². The molecule has 1 saturated carbocycles. The number of likely N-dealkylation sites (tertiary alicyclic amines) is 1. The lowest BCUT2D eigenvalue weighted by molar-refractivity contribution is 0.0349. The van der Waals surface area contributed by atoms with E-state index in [1.54, 1.807) is 60.7 Å². The van der Waals surface area contributed by atoms with Gasteiger partial charge >= 0.3 is 5.69 Å². The molecule has 17 nitrogen and oxygen atoms in total. The molecule has 4 aliphatic heterocycles. The molecule has 4 atom stereocenters. The first-order valence-corrected chi connectivity index (χ1v) is 24.4. The van der Waals surface area contributed by atoms with Crippen molar-refractivity contribution < 1.29 is 23.0 Å². The number of piperidine rings is 1. The van der Waals surface area contributed by atoms with Crippen LogP contribution in [0.4, 0.5) is 8.78 Å². The highest BCUT2D eigenvalue weighted by atomic mass is 19.1. The van der Waals surface area contributed by atoms with Crippen molar-refractivity contribution in [2.24, 2.45) is 18.9 Å². The molecule has 3 aromatic carbocycles. The average molecular weight is 950 g/mol. The summed E-state index contributed by atoms with van der Waals surface area (Å²) >= 11 is 0. The Hall–Kier alpha value is -6.83. The second-order valence-electron chi connectivity index (χ2n) is 20.0. The summed E-state index contributed by atoms with van der Waals surface area (Å²) in [6.07, 6.45) is 8.79. The smallest absolute Gasteiger partial charge is 0.338 e. The van der Waals surface area contributed by atoms with Crippen LogP contribution in [0.25, 0.3) is 39.0 Å². The predicted molar refractivity (Wildman–Crippen MR) is 254 cm³/mol. The molecule has 9 heterocycles. The number of fused-ring (bicyclic) bond motifs is 4. The summed E-state index contributed by atoms with van der Waals surface area (Å²) in [4.78, 5) is 35.2. The number of H-pyrrole nitrogens is 1. The lowest BCUT2D eigenvalue weighted by Gasteiger charge is -2.36. The first kappa shape index (κ1) is 43.2. The van der Waals surface area contributed by atoms with Crippen molar-refractivity contribution in [1.82, 2.24) is 63.7 Å². The molecule has 8 aromatic rings. The van der Waals surface area contributed by atoms with Gasteiger partial charge in [0.05, 0.1) is 40.2 Å². The number of aromatic nitrogens is 11. The van der Waals surface area contributed by atoms with Crippen LogP contribution < -0.4 is 5.69 Å². The standard InChI is InChI=1S/C51H53F2N13O4/c1-28-21-35(22-29(2)45(28)52)66-47(64-16-15-63(50(64)68)42-8-7-41-36(46(42)53)25-54-60(41)4)44-30(3)62(14-9-39(44)57-66)48(67)43-24-33-23-32(31-10-17-69-18-11-31)5-6-40(33)65(43)51(49-55-58-59-56-49)37-26-61(27-38(37)51)34-12-19-70-20-13-34/h5-8,15-16,21-25,30-31,34,37-38H,9-14,17-20,26-27H2,1-4H3,(H,55,56,58,59)/t30-,37-,38+,51?/m0/s1. The minimum Gasteiger partial charge on any atom is -0.381 e. The Morgan fingerprint density at radius 3 is 2.31 bits per heavy atom. The van der Waals surface area contributed by atoms with Gasteiger partial charge in [0.25, 0.3) is 5.91 Å². The lowest BCUT2D eigenvalue weighted by Crippen LogP contribution is -2.45. The number of tetrazole rings is 1. The summed E-state index contributed by atoms with van der Waals surface area (Å²) in [5, 5.41) is 26.6. The highest BCUT2D eigenvalue weighted by Gasteiger charge is 2.73. The Bertz CT molecular complexity index is 3410. The number of ether oxygens (including phenoxy) is 2. The molecule has 0 spiro atoms. The van der Waals surface area contributed by atoms with Crippen molar-refractivity contribution in [1.29, 1.82) is 0 Å². The lowest BCUT2D eigenvalue weighted by atomic mass is 9.91. The van der Waals surface area contributed by atoms with Crippen molar-refractivity contribution in [3.63, 3.8) is 0 Å². The van der Waals surface area contributed by atoms with Gasteiger partial charge in [-0.05, 0) is 122 Å². The van der Waals surface area contributed by atoms with Gasteiger partial charge in [-0.2, -0.15) is 10.2 Å². The van der Waals surface area contributed by atoms with E-state index in [2.05, 4.69) is 53.4 Å². The predicted octanol–water partition coefficient (Wildman–Crippen LogP) is 6.20. The van der Waals surface area contributed by atoms with Crippen LogP contribution in [-0.2, 0) is 28.5 Å². The summed E-state index contributed by atoms with van der Waals surface area (Å²) in [7, 11) is 1.73. The highest BCUT2D eigenvalue weighted by Crippen LogP contribution is 2.65. The van der Waals surface area contributed by atoms with Crippen LogP contribution in [-0.4, -0.2) is 122 Å². The van der Waals surface area contributed by atoms with Crippen molar-refractivity contribution in [3.05, 3.63) is 129 Å². The Kier molecular flexibility index (Phi) is 9.94. The number of aryl methyl sites for hydroxylation is 3. The van der Waals surface area contributed by atoms with Gasteiger partial charge in [-0.1, -0.05) is 6.07 Å². The fraction of sp³-hybridized carbons (Fsp3) is 0.431. The molecule has 13 rings (SSSR count). The molecule has 1 unspecified atom stereocenters. The van der Waals surface area contributed by atoms with Gasteiger partial charge in [-0.25, -0.2) is 23.4 Å². The number of carbonyl (C=O) groups excluding carboxylic acids is 1. The van der Waals surface area contributed by atoms with Gasteiger partial charge in [0.2, 0.25) is 0 Å². The first-order chi connectivity index (χ1) is 34.0. The van der Waals surface area contributed by atoms with Crippen molar-refractivity contribution in [2.45, 2.75) is 76.4 Å². The highest BCUT2D eigenvalue weighted by molar-refractivity contribution is 6.00. The zero-order valence-electron chi connectivity index (χ0n) is 39.5. The molecule has 1 N–H and O–H groups in total. The van der Waals surface area contributed by atoms with Crippen LogP contribution in [0.2, 0.25) is 0 Å². The van der Waals surface area contributed by atoms with Gasteiger partial charge in [0.1, 0.15) is 22.9 Å². The number of halogens is 2. The molecule has 1 amide bonds. The van der Waals surface area contributed by atoms with Gasteiger partial charge < -0.3 is 18.9 Å².